The first kappa shape index (κ1) is 30.9. The number of hydrogen-bond donors (Lipinski definition) is 0. The second-order valence-electron chi connectivity index (χ2n) is 9.36. The van der Waals surface area contributed by atoms with E-state index in [0.717, 1.165) is 44.9 Å². The molecular weight excluding hydrogens is 400 g/mol. The number of esters is 2. The van der Waals surface area contributed by atoms with Crippen LogP contribution in [0.4, 0.5) is 0 Å². The smallest absolute Gasteiger partial charge is 0.308 e. The van der Waals surface area contributed by atoms with E-state index >= 15 is 0 Å². The van der Waals surface area contributed by atoms with Crippen LogP contribution in [0.25, 0.3) is 0 Å². The van der Waals surface area contributed by atoms with Gasteiger partial charge in [0.15, 0.2) is 0 Å². The number of carbonyl (C=O) groups is 2. The summed E-state index contributed by atoms with van der Waals surface area (Å²) in [4.78, 5) is 24.6. The van der Waals surface area contributed by atoms with Gasteiger partial charge in [0.2, 0.25) is 0 Å². The van der Waals surface area contributed by atoms with Crippen LogP contribution in [-0.4, -0.2) is 25.2 Å². The van der Waals surface area contributed by atoms with E-state index < -0.39 is 0 Å². The van der Waals surface area contributed by atoms with Crippen LogP contribution in [0.3, 0.4) is 0 Å². The molecule has 1 atom stereocenters. The molecule has 0 saturated heterocycles. The Kier molecular flexibility index (Phi) is 23.8. The van der Waals surface area contributed by atoms with Crippen molar-refractivity contribution in [2.75, 3.05) is 13.2 Å². The van der Waals surface area contributed by atoms with Crippen molar-refractivity contribution >= 4 is 11.9 Å². The van der Waals surface area contributed by atoms with Gasteiger partial charge in [-0.25, -0.2) is 0 Å². The third-order valence-corrected chi connectivity index (χ3v) is 6.18. The van der Waals surface area contributed by atoms with E-state index in [-0.39, 0.29) is 17.9 Å². The fraction of sp³-hybridized carbons (Fsp3) is 0.929. The van der Waals surface area contributed by atoms with E-state index in [0.29, 0.717) is 26.1 Å². The number of rotatable bonds is 24. The molecule has 0 spiro atoms. The fourth-order valence-corrected chi connectivity index (χ4v) is 4.00. The SMILES string of the molecule is CCCCCCCCCCC(CCCC(=O)OCCCCCC)C(=O)OCCCCCC. The Hall–Kier alpha value is -1.06. The van der Waals surface area contributed by atoms with Crippen LogP contribution in [0.2, 0.25) is 0 Å². The van der Waals surface area contributed by atoms with Crippen LogP contribution in [-0.2, 0) is 19.1 Å². The van der Waals surface area contributed by atoms with Crippen molar-refractivity contribution in [1.82, 2.24) is 0 Å². The Balaban J connectivity index is 4.17. The summed E-state index contributed by atoms with van der Waals surface area (Å²) in [6, 6.07) is 0. The molecule has 0 aliphatic heterocycles. The van der Waals surface area contributed by atoms with Crippen LogP contribution in [0.5, 0.6) is 0 Å². The molecule has 32 heavy (non-hydrogen) atoms. The standard InChI is InChI=1S/C28H54O4/c1-4-7-10-13-14-15-16-17-21-26(28(30)32-25-19-12-9-6-3)22-20-23-27(29)31-24-18-11-8-5-2/h26H,4-25H2,1-3H3. The monoisotopic (exact) mass is 454 g/mol. The predicted molar refractivity (Wildman–Crippen MR) is 135 cm³/mol. The number of unbranched alkanes of at least 4 members (excludes halogenated alkanes) is 13. The lowest BCUT2D eigenvalue weighted by Crippen LogP contribution is -2.19. The Labute approximate surface area is 199 Å². The van der Waals surface area contributed by atoms with Gasteiger partial charge in [0, 0.05) is 6.42 Å². The molecule has 0 fully saturated rings. The van der Waals surface area contributed by atoms with Crippen LogP contribution >= 0.6 is 0 Å². The first-order chi connectivity index (χ1) is 15.7. The molecule has 0 radical (unpaired) electrons. The van der Waals surface area contributed by atoms with Gasteiger partial charge >= 0.3 is 11.9 Å². The first-order valence-electron chi connectivity index (χ1n) is 14.0. The number of hydrogen-bond acceptors (Lipinski definition) is 4. The molecule has 4 nitrogen and oxygen atoms in total. The maximum absolute atomic E-state index is 12.6. The molecule has 0 bridgehead atoms. The van der Waals surface area contributed by atoms with Gasteiger partial charge in [-0.15, -0.1) is 0 Å². The third kappa shape index (κ3) is 20.8. The maximum atomic E-state index is 12.6. The summed E-state index contributed by atoms with van der Waals surface area (Å²) < 4.78 is 10.9. The zero-order valence-corrected chi connectivity index (χ0v) is 21.8. The zero-order valence-electron chi connectivity index (χ0n) is 21.8. The summed E-state index contributed by atoms with van der Waals surface area (Å²) in [5.74, 6) is -0.253. The number of ether oxygens (including phenoxy) is 2. The fourth-order valence-electron chi connectivity index (χ4n) is 4.00. The van der Waals surface area contributed by atoms with Crippen molar-refractivity contribution < 1.29 is 19.1 Å². The maximum Gasteiger partial charge on any atom is 0.308 e. The molecule has 0 aromatic rings. The zero-order chi connectivity index (χ0) is 23.7. The highest BCUT2D eigenvalue weighted by Crippen LogP contribution is 2.20. The van der Waals surface area contributed by atoms with Gasteiger partial charge in [-0.2, -0.15) is 0 Å². The lowest BCUT2D eigenvalue weighted by Gasteiger charge is -2.16. The predicted octanol–water partition coefficient (Wildman–Crippen LogP) is 8.55. The van der Waals surface area contributed by atoms with Gasteiger partial charge in [-0.05, 0) is 32.1 Å². The summed E-state index contributed by atoms with van der Waals surface area (Å²) in [6.07, 6.45) is 21.8. The molecule has 0 saturated carbocycles. The summed E-state index contributed by atoms with van der Waals surface area (Å²) in [5.41, 5.74) is 0. The third-order valence-electron chi connectivity index (χ3n) is 6.18. The molecule has 0 heterocycles. The summed E-state index contributed by atoms with van der Waals surface area (Å²) in [5, 5.41) is 0. The van der Waals surface area contributed by atoms with Crippen molar-refractivity contribution in [1.29, 1.82) is 0 Å². The van der Waals surface area contributed by atoms with Crippen molar-refractivity contribution in [3.63, 3.8) is 0 Å². The summed E-state index contributed by atoms with van der Waals surface area (Å²) in [6.45, 7) is 7.66. The Bertz CT molecular complexity index is 422. The van der Waals surface area contributed by atoms with Gasteiger partial charge in [0.1, 0.15) is 0 Å². The minimum absolute atomic E-state index is 0.0580. The van der Waals surface area contributed by atoms with E-state index in [1.807, 2.05) is 0 Å². The van der Waals surface area contributed by atoms with Crippen molar-refractivity contribution in [3.8, 4) is 0 Å². The normalized spacial score (nSPS) is 12.0. The van der Waals surface area contributed by atoms with Crippen molar-refractivity contribution in [3.05, 3.63) is 0 Å². The van der Waals surface area contributed by atoms with Gasteiger partial charge in [-0.1, -0.05) is 111 Å². The second-order valence-corrected chi connectivity index (χ2v) is 9.36. The van der Waals surface area contributed by atoms with Crippen molar-refractivity contribution in [2.24, 2.45) is 5.92 Å². The van der Waals surface area contributed by atoms with Crippen molar-refractivity contribution in [2.45, 2.75) is 149 Å². The minimum Gasteiger partial charge on any atom is -0.466 e. The number of carbonyl (C=O) groups excluding carboxylic acids is 2. The van der Waals surface area contributed by atoms with Crippen LogP contribution < -0.4 is 0 Å². The molecule has 0 aliphatic rings. The molecule has 4 heteroatoms. The highest BCUT2D eigenvalue weighted by Gasteiger charge is 2.20. The van der Waals surface area contributed by atoms with Gasteiger partial charge in [-0.3, -0.25) is 9.59 Å². The Morgan fingerprint density at radius 3 is 1.53 bits per heavy atom. The molecular formula is C28H54O4. The van der Waals surface area contributed by atoms with Crippen LogP contribution in [0, 0.1) is 5.92 Å². The van der Waals surface area contributed by atoms with E-state index in [1.165, 1.54) is 70.6 Å². The lowest BCUT2D eigenvalue weighted by atomic mass is 9.95. The van der Waals surface area contributed by atoms with E-state index in [9.17, 15) is 9.59 Å². The van der Waals surface area contributed by atoms with Crippen LogP contribution in [0.15, 0.2) is 0 Å². The molecule has 0 aliphatic carbocycles. The molecule has 0 N–H and O–H groups in total. The molecule has 0 amide bonds. The quantitative estimate of drug-likeness (QED) is 0.108. The van der Waals surface area contributed by atoms with Crippen LogP contribution in [0.1, 0.15) is 149 Å². The van der Waals surface area contributed by atoms with E-state index in [2.05, 4.69) is 20.8 Å². The second kappa shape index (κ2) is 24.6. The van der Waals surface area contributed by atoms with Gasteiger partial charge < -0.3 is 9.47 Å². The summed E-state index contributed by atoms with van der Waals surface area (Å²) in [7, 11) is 0. The average Bonchev–Trinajstić information content (AvgIpc) is 2.79. The highest BCUT2D eigenvalue weighted by molar-refractivity contribution is 5.72. The van der Waals surface area contributed by atoms with Gasteiger partial charge in [0.25, 0.3) is 0 Å². The van der Waals surface area contributed by atoms with E-state index in [1.54, 1.807) is 0 Å². The molecule has 190 valence electrons. The first-order valence-corrected chi connectivity index (χ1v) is 14.0. The summed E-state index contributed by atoms with van der Waals surface area (Å²) >= 11 is 0. The Morgan fingerprint density at radius 1 is 0.531 bits per heavy atom. The minimum atomic E-state index is -0.125. The lowest BCUT2D eigenvalue weighted by molar-refractivity contribution is -0.150. The Morgan fingerprint density at radius 2 is 0.969 bits per heavy atom. The largest absolute Gasteiger partial charge is 0.466 e. The molecule has 0 aromatic carbocycles. The van der Waals surface area contributed by atoms with E-state index in [4.69, 9.17) is 9.47 Å². The molecule has 0 rings (SSSR count). The molecule has 0 aromatic heterocycles. The highest BCUT2D eigenvalue weighted by atomic mass is 16.5. The topological polar surface area (TPSA) is 52.6 Å². The van der Waals surface area contributed by atoms with Gasteiger partial charge in [0.05, 0.1) is 19.1 Å². The average molecular weight is 455 g/mol. The molecule has 1 unspecified atom stereocenters.